The second kappa shape index (κ2) is 6.15. The molecule has 0 spiro atoms. The van der Waals surface area contributed by atoms with Crippen LogP contribution in [-0.2, 0) is 6.54 Å². The Hall–Kier alpha value is -1.42. The Balaban J connectivity index is 1.96. The smallest absolute Gasteiger partial charge is 0.272 e. The molecule has 1 aromatic carbocycles. The Bertz CT molecular complexity index is 451. The van der Waals surface area contributed by atoms with E-state index in [1.54, 1.807) is 12.1 Å². The number of benzene rings is 1. The van der Waals surface area contributed by atoms with Crippen LogP contribution in [0.5, 0.6) is 0 Å². The van der Waals surface area contributed by atoms with Gasteiger partial charge in [-0.2, -0.15) is 0 Å². The van der Waals surface area contributed by atoms with Gasteiger partial charge in [0.25, 0.3) is 5.69 Å². The maximum absolute atomic E-state index is 10.9. The first kappa shape index (κ1) is 14.0. The maximum Gasteiger partial charge on any atom is 0.272 e. The third-order valence-electron chi connectivity index (χ3n) is 4.21. The fourth-order valence-corrected chi connectivity index (χ4v) is 2.78. The summed E-state index contributed by atoms with van der Waals surface area (Å²) in [5.74, 6) is 0.845. The van der Waals surface area contributed by atoms with Crippen LogP contribution in [0.25, 0.3) is 0 Å². The van der Waals surface area contributed by atoms with Gasteiger partial charge in [-0.1, -0.05) is 19.1 Å². The van der Waals surface area contributed by atoms with Crippen molar-refractivity contribution in [2.45, 2.75) is 52.1 Å². The minimum atomic E-state index is -0.304. The molecular formula is C15H22N2O2. The monoisotopic (exact) mass is 262 g/mol. The van der Waals surface area contributed by atoms with Crippen LogP contribution in [0.1, 0.15) is 43.7 Å². The lowest BCUT2D eigenvalue weighted by Gasteiger charge is -2.27. The van der Waals surface area contributed by atoms with Gasteiger partial charge in [-0.15, -0.1) is 0 Å². The molecule has 0 aromatic heterocycles. The van der Waals surface area contributed by atoms with Gasteiger partial charge in [0, 0.05) is 24.2 Å². The highest BCUT2D eigenvalue weighted by molar-refractivity contribution is 5.44. The number of nitrogens with one attached hydrogen (secondary N) is 1. The van der Waals surface area contributed by atoms with E-state index in [1.807, 2.05) is 13.0 Å². The second-order valence-electron chi connectivity index (χ2n) is 5.66. The van der Waals surface area contributed by atoms with Crippen LogP contribution < -0.4 is 5.32 Å². The molecule has 0 heterocycles. The quantitative estimate of drug-likeness (QED) is 0.666. The maximum atomic E-state index is 10.9. The van der Waals surface area contributed by atoms with E-state index in [-0.39, 0.29) is 10.6 Å². The van der Waals surface area contributed by atoms with Crippen molar-refractivity contribution in [3.63, 3.8) is 0 Å². The van der Waals surface area contributed by atoms with Gasteiger partial charge in [0.2, 0.25) is 0 Å². The SMILES string of the molecule is Cc1c(CNC2CCC(C)CC2)cccc1[N+](=O)[O-]. The van der Waals surface area contributed by atoms with Gasteiger partial charge < -0.3 is 5.32 Å². The van der Waals surface area contributed by atoms with Crippen molar-refractivity contribution in [1.29, 1.82) is 0 Å². The third-order valence-corrected chi connectivity index (χ3v) is 4.21. The molecular weight excluding hydrogens is 240 g/mol. The zero-order chi connectivity index (χ0) is 13.8. The summed E-state index contributed by atoms with van der Waals surface area (Å²) in [6, 6.07) is 5.88. The summed E-state index contributed by atoms with van der Waals surface area (Å²) < 4.78 is 0. The highest BCUT2D eigenvalue weighted by Gasteiger charge is 2.18. The van der Waals surface area contributed by atoms with E-state index in [2.05, 4.69) is 12.2 Å². The molecule has 1 N–H and O–H groups in total. The first-order valence-electron chi connectivity index (χ1n) is 7.04. The number of nitro benzene ring substituents is 1. The molecule has 0 unspecified atom stereocenters. The van der Waals surface area contributed by atoms with Gasteiger partial charge in [0.15, 0.2) is 0 Å². The minimum Gasteiger partial charge on any atom is -0.310 e. The van der Waals surface area contributed by atoms with Crippen LogP contribution in [0.15, 0.2) is 18.2 Å². The third kappa shape index (κ3) is 3.53. The lowest BCUT2D eigenvalue weighted by Crippen LogP contribution is -2.32. The summed E-state index contributed by atoms with van der Waals surface area (Å²) in [6.45, 7) is 4.87. The van der Waals surface area contributed by atoms with E-state index in [4.69, 9.17) is 0 Å². The predicted molar refractivity (Wildman–Crippen MR) is 76.1 cm³/mol. The highest BCUT2D eigenvalue weighted by Crippen LogP contribution is 2.25. The van der Waals surface area contributed by atoms with Crippen molar-refractivity contribution in [3.8, 4) is 0 Å². The molecule has 1 aromatic rings. The van der Waals surface area contributed by atoms with Crippen LogP contribution in [0.4, 0.5) is 5.69 Å². The van der Waals surface area contributed by atoms with Gasteiger partial charge in [0.05, 0.1) is 4.92 Å². The average Bonchev–Trinajstić information content (AvgIpc) is 2.39. The molecule has 19 heavy (non-hydrogen) atoms. The molecule has 4 nitrogen and oxygen atoms in total. The summed E-state index contributed by atoms with van der Waals surface area (Å²) in [6.07, 6.45) is 5.00. The van der Waals surface area contributed by atoms with Crippen LogP contribution in [0.3, 0.4) is 0 Å². The topological polar surface area (TPSA) is 55.2 Å². The number of nitro groups is 1. The van der Waals surface area contributed by atoms with Crippen LogP contribution in [-0.4, -0.2) is 11.0 Å². The van der Waals surface area contributed by atoms with Crippen molar-refractivity contribution in [3.05, 3.63) is 39.4 Å². The summed E-state index contributed by atoms with van der Waals surface area (Å²) >= 11 is 0. The molecule has 0 radical (unpaired) electrons. The lowest BCUT2D eigenvalue weighted by molar-refractivity contribution is -0.385. The molecule has 1 fully saturated rings. The zero-order valence-electron chi connectivity index (χ0n) is 11.7. The van der Waals surface area contributed by atoms with E-state index >= 15 is 0 Å². The Morgan fingerprint density at radius 1 is 1.32 bits per heavy atom. The van der Waals surface area contributed by atoms with E-state index in [0.717, 1.165) is 23.6 Å². The van der Waals surface area contributed by atoms with Gasteiger partial charge >= 0.3 is 0 Å². The molecule has 0 atom stereocenters. The number of rotatable bonds is 4. The van der Waals surface area contributed by atoms with Gasteiger partial charge in [-0.25, -0.2) is 0 Å². The van der Waals surface area contributed by atoms with Crippen molar-refractivity contribution in [2.24, 2.45) is 5.92 Å². The highest BCUT2D eigenvalue weighted by atomic mass is 16.6. The molecule has 0 bridgehead atoms. The number of hydrogen-bond acceptors (Lipinski definition) is 3. The second-order valence-corrected chi connectivity index (χ2v) is 5.66. The van der Waals surface area contributed by atoms with Crippen LogP contribution in [0, 0.1) is 23.0 Å². The van der Waals surface area contributed by atoms with E-state index in [0.29, 0.717) is 6.04 Å². The Morgan fingerprint density at radius 2 is 2.00 bits per heavy atom. The molecule has 1 aliphatic carbocycles. The Labute approximate surface area is 114 Å². The Morgan fingerprint density at radius 3 is 2.63 bits per heavy atom. The molecule has 1 aliphatic rings. The van der Waals surface area contributed by atoms with Crippen molar-refractivity contribution in [1.82, 2.24) is 5.32 Å². The first-order valence-corrected chi connectivity index (χ1v) is 7.04. The zero-order valence-corrected chi connectivity index (χ0v) is 11.7. The normalized spacial score (nSPS) is 23.3. The fraction of sp³-hybridized carbons (Fsp3) is 0.600. The molecule has 2 rings (SSSR count). The molecule has 0 saturated heterocycles. The van der Waals surface area contributed by atoms with Crippen molar-refractivity contribution >= 4 is 5.69 Å². The Kier molecular flexibility index (Phi) is 4.53. The lowest BCUT2D eigenvalue weighted by atomic mass is 9.87. The molecule has 0 aliphatic heterocycles. The van der Waals surface area contributed by atoms with Gasteiger partial charge in [-0.3, -0.25) is 10.1 Å². The van der Waals surface area contributed by atoms with Gasteiger partial charge in [0.1, 0.15) is 0 Å². The fourth-order valence-electron chi connectivity index (χ4n) is 2.78. The average molecular weight is 262 g/mol. The summed E-state index contributed by atoms with van der Waals surface area (Å²) in [4.78, 5) is 10.6. The van der Waals surface area contributed by atoms with E-state index in [9.17, 15) is 10.1 Å². The number of hydrogen-bond donors (Lipinski definition) is 1. The first-order chi connectivity index (χ1) is 9.08. The van der Waals surface area contributed by atoms with Crippen LogP contribution >= 0.6 is 0 Å². The molecule has 1 saturated carbocycles. The largest absolute Gasteiger partial charge is 0.310 e. The molecule has 0 amide bonds. The summed E-state index contributed by atoms with van der Waals surface area (Å²) in [7, 11) is 0. The minimum absolute atomic E-state index is 0.219. The van der Waals surface area contributed by atoms with Crippen molar-refractivity contribution in [2.75, 3.05) is 0 Å². The van der Waals surface area contributed by atoms with Gasteiger partial charge in [-0.05, 0) is 44.1 Å². The summed E-state index contributed by atoms with van der Waals surface area (Å²) in [5.41, 5.74) is 2.04. The van der Waals surface area contributed by atoms with E-state index < -0.39 is 0 Å². The van der Waals surface area contributed by atoms with Crippen LogP contribution in [0.2, 0.25) is 0 Å². The molecule has 4 heteroatoms. The molecule has 104 valence electrons. The van der Waals surface area contributed by atoms with Crippen molar-refractivity contribution < 1.29 is 4.92 Å². The summed E-state index contributed by atoms with van der Waals surface area (Å²) in [5, 5.41) is 14.4. The van der Waals surface area contributed by atoms with E-state index in [1.165, 1.54) is 25.7 Å². The predicted octanol–water partition coefficient (Wildman–Crippen LogP) is 3.57. The number of nitrogens with zero attached hydrogens (tertiary/aromatic N) is 1. The standard InChI is InChI=1S/C15H22N2O2/c1-11-6-8-14(9-7-11)16-10-13-4-3-5-15(12(13)2)17(18)19/h3-5,11,14,16H,6-10H2,1-2H3.